The second-order valence-corrected chi connectivity index (χ2v) is 5.71. The Labute approximate surface area is 119 Å². The Hall–Kier alpha value is -1.46. The van der Waals surface area contributed by atoms with Gasteiger partial charge in [0.1, 0.15) is 5.82 Å². The topological polar surface area (TPSA) is 52.6 Å². The third kappa shape index (κ3) is 5.27. The molecule has 0 aliphatic rings. The molecule has 0 radical (unpaired) electrons. The molecule has 0 heterocycles. The number of likely N-dealkylation sites (N-methyl/N-ethyl adjacent to an activating group) is 1. The minimum Gasteiger partial charge on any atom is -0.389 e. The van der Waals surface area contributed by atoms with Crippen LogP contribution in [0.15, 0.2) is 24.3 Å². The summed E-state index contributed by atoms with van der Waals surface area (Å²) < 4.78 is 13.4. The molecule has 1 rings (SSSR count). The summed E-state index contributed by atoms with van der Waals surface area (Å²) in [5.74, 6) is -0.523. The van der Waals surface area contributed by atoms with E-state index in [0.29, 0.717) is 12.1 Å². The Kier molecular flexibility index (Phi) is 5.65. The smallest absolute Gasteiger partial charge is 0.237 e. The molecule has 0 fully saturated rings. The van der Waals surface area contributed by atoms with Crippen molar-refractivity contribution in [2.24, 2.45) is 0 Å². The number of halogens is 1. The number of benzene rings is 1. The van der Waals surface area contributed by atoms with Crippen LogP contribution in [-0.4, -0.2) is 41.1 Å². The molecule has 4 nitrogen and oxygen atoms in total. The Morgan fingerprint density at radius 1 is 1.45 bits per heavy atom. The molecule has 1 aromatic rings. The molecule has 0 bridgehead atoms. The molecule has 1 aromatic carbocycles. The van der Waals surface area contributed by atoms with E-state index in [0.717, 1.165) is 0 Å². The summed E-state index contributed by atoms with van der Waals surface area (Å²) in [5.41, 5.74) is -0.410. The van der Waals surface area contributed by atoms with Crippen molar-refractivity contribution in [1.82, 2.24) is 10.2 Å². The SMILES string of the molecule is CC(C(=O)NCc1ccccc1F)N(C)CC(C)(C)O. The highest BCUT2D eigenvalue weighted by molar-refractivity contribution is 5.81. The molecule has 20 heavy (non-hydrogen) atoms. The van der Waals surface area contributed by atoms with Crippen LogP contribution in [-0.2, 0) is 11.3 Å². The molecular weight excluding hydrogens is 259 g/mol. The Morgan fingerprint density at radius 2 is 2.05 bits per heavy atom. The van der Waals surface area contributed by atoms with E-state index in [1.165, 1.54) is 6.07 Å². The number of nitrogens with zero attached hydrogens (tertiary/aromatic N) is 1. The van der Waals surface area contributed by atoms with Crippen LogP contribution in [0.25, 0.3) is 0 Å². The lowest BCUT2D eigenvalue weighted by Crippen LogP contribution is -2.47. The molecule has 0 aliphatic carbocycles. The molecule has 2 N–H and O–H groups in total. The lowest BCUT2D eigenvalue weighted by molar-refractivity contribution is -0.126. The molecule has 1 unspecified atom stereocenters. The summed E-state index contributed by atoms with van der Waals surface area (Å²) in [6.45, 7) is 5.66. The fourth-order valence-corrected chi connectivity index (χ4v) is 1.92. The van der Waals surface area contributed by atoms with Gasteiger partial charge in [-0.2, -0.15) is 0 Å². The van der Waals surface area contributed by atoms with Crippen molar-refractivity contribution in [2.45, 2.75) is 39.0 Å². The van der Waals surface area contributed by atoms with Gasteiger partial charge in [0, 0.05) is 18.7 Å². The van der Waals surface area contributed by atoms with E-state index in [2.05, 4.69) is 5.32 Å². The van der Waals surface area contributed by atoms with E-state index in [-0.39, 0.29) is 18.3 Å². The van der Waals surface area contributed by atoms with E-state index in [4.69, 9.17) is 0 Å². The highest BCUT2D eigenvalue weighted by atomic mass is 19.1. The summed E-state index contributed by atoms with van der Waals surface area (Å²) in [6.07, 6.45) is 0. The zero-order chi connectivity index (χ0) is 15.3. The molecule has 5 heteroatoms. The van der Waals surface area contributed by atoms with Gasteiger partial charge in [-0.05, 0) is 33.9 Å². The van der Waals surface area contributed by atoms with Gasteiger partial charge in [-0.3, -0.25) is 9.69 Å². The molecular formula is C15H23FN2O2. The summed E-state index contributed by atoms with van der Waals surface area (Å²) in [5, 5.41) is 12.4. The van der Waals surface area contributed by atoms with Gasteiger partial charge in [-0.1, -0.05) is 18.2 Å². The predicted molar refractivity (Wildman–Crippen MR) is 76.6 cm³/mol. The fourth-order valence-electron chi connectivity index (χ4n) is 1.92. The second kappa shape index (κ2) is 6.81. The number of rotatable bonds is 6. The van der Waals surface area contributed by atoms with Gasteiger partial charge in [0.05, 0.1) is 11.6 Å². The number of carbonyl (C=O) groups excluding carboxylic acids is 1. The van der Waals surface area contributed by atoms with Crippen molar-refractivity contribution in [2.75, 3.05) is 13.6 Å². The van der Waals surface area contributed by atoms with Crippen molar-refractivity contribution in [3.8, 4) is 0 Å². The van der Waals surface area contributed by atoms with Gasteiger partial charge >= 0.3 is 0 Å². The van der Waals surface area contributed by atoms with Crippen molar-refractivity contribution in [3.63, 3.8) is 0 Å². The number of hydrogen-bond acceptors (Lipinski definition) is 3. The predicted octanol–water partition coefficient (Wildman–Crippen LogP) is 1.53. The van der Waals surface area contributed by atoms with Crippen LogP contribution < -0.4 is 5.32 Å². The average Bonchev–Trinajstić information content (AvgIpc) is 2.34. The number of amides is 1. The summed E-state index contributed by atoms with van der Waals surface area (Å²) in [4.78, 5) is 13.8. The van der Waals surface area contributed by atoms with E-state index in [1.54, 1.807) is 50.9 Å². The molecule has 0 saturated heterocycles. The van der Waals surface area contributed by atoms with Gasteiger partial charge in [-0.15, -0.1) is 0 Å². The molecule has 0 aliphatic heterocycles. The first-order valence-electron chi connectivity index (χ1n) is 6.64. The summed E-state index contributed by atoms with van der Waals surface area (Å²) >= 11 is 0. The molecule has 0 saturated carbocycles. The quantitative estimate of drug-likeness (QED) is 0.832. The first kappa shape index (κ1) is 16.6. The first-order chi connectivity index (χ1) is 9.20. The van der Waals surface area contributed by atoms with Gasteiger partial charge in [0.15, 0.2) is 0 Å². The standard InChI is InChI=1S/C15H23FN2O2/c1-11(18(4)10-15(2,3)20)14(19)17-9-12-7-5-6-8-13(12)16/h5-8,11,20H,9-10H2,1-4H3,(H,17,19). The Bertz CT molecular complexity index is 457. The third-order valence-electron chi connectivity index (χ3n) is 3.09. The van der Waals surface area contributed by atoms with Crippen LogP contribution in [0.5, 0.6) is 0 Å². The fraction of sp³-hybridized carbons (Fsp3) is 0.533. The molecule has 0 spiro atoms. The zero-order valence-electron chi connectivity index (χ0n) is 12.5. The van der Waals surface area contributed by atoms with Crippen molar-refractivity contribution < 1.29 is 14.3 Å². The van der Waals surface area contributed by atoms with Gasteiger partial charge in [-0.25, -0.2) is 4.39 Å². The highest BCUT2D eigenvalue weighted by Crippen LogP contribution is 2.08. The molecule has 112 valence electrons. The zero-order valence-corrected chi connectivity index (χ0v) is 12.5. The Morgan fingerprint density at radius 3 is 2.60 bits per heavy atom. The number of aliphatic hydroxyl groups is 1. The van der Waals surface area contributed by atoms with E-state index >= 15 is 0 Å². The highest BCUT2D eigenvalue weighted by Gasteiger charge is 2.23. The van der Waals surface area contributed by atoms with E-state index < -0.39 is 11.6 Å². The van der Waals surface area contributed by atoms with Gasteiger partial charge < -0.3 is 10.4 Å². The molecule has 1 amide bonds. The monoisotopic (exact) mass is 282 g/mol. The van der Waals surface area contributed by atoms with Crippen LogP contribution in [0.4, 0.5) is 4.39 Å². The first-order valence-corrected chi connectivity index (χ1v) is 6.64. The third-order valence-corrected chi connectivity index (χ3v) is 3.09. The largest absolute Gasteiger partial charge is 0.389 e. The van der Waals surface area contributed by atoms with Crippen LogP contribution >= 0.6 is 0 Å². The molecule has 1 atom stereocenters. The maximum atomic E-state index is 13.4. The molecule has 0 aromatic heterocycles. The number of carbonyl (C=O) groups is 1. The minimum absolute atomic E-state index is 0.159. The van der Waals surface area contributed by atoms with Crippen molar-refractivity contribution in [1.29, 1.82) is 0 Å². The maximum absolute atomic E-state index is 13.4. The van der Waals surface area contributed by atoms with E-state index in [9.17, 15) is 14.3 Å². The van der Waals surface area contributed by atoms with Crippen LogP contribution in [0.3, 0.4) is 0 Å². The van der Waals surface area contributed by atoms with E-state index in [1.807, 2.05) is 0 Å². The lowest BCUT2D eigenvalue weighted by atomic mass is 10.1. The summed E-state index contributed by atoms with van der Waals surface area (Å²) in [6, 6.07) is 5.95. The van der Waals surface area contributed by atoms with Crippen molar-refractivity contribution in [3.05, 3.63) is 35.6 Å². The van der Waals surface area contributed by atoms with Crippen LogP contribution in [0.1, 0.15) is 26.3 Å². The van der Waals surface area contributed by atoms with Crippen molar-refractivity contribution >= 4 is 5.91 Å². The number of nitrogens with one attached hydrogen (secondary N) is 1. The number of hydrogen-bond donors (Lipinski definition) is 2. The van der Waals surface area contributed by atoms with Gasteiger partial charge in [0.2, 0.25) is 5.91 Å². The normalized spacial score (nSPS) is 13.3. The second-order valence-electron chi connectivity index (χ2n) is 5.71. The summed E-state index contributed by atoms with van der Waals surface area (Å²) in [7, 11) is 1.77. The van der Waals surface area contributed by atoms with Gasteiger partial charge in [0.25, 0.3) is 0 Å². The minimum atomic E-state index is -0.866. The van der Waals surface area contributed by atoms with Crippen LogP contribution in [0, 0.1) is 5.82 Å². The Balaban J connectivity index is 2.52. The average molecular weight is 282 g/mol. The van der Waals surface area contributed by atoms with Crippen LogP contribution in [0.2, 0.25) is 0 Å². The maximum Gasteiger partial charge on any atom is 0.237 e. The lowest BCUT2D eigenvalue weighted by Gasteiger charge is -2.29.